The van der Waals surface area contributed by atoms with Crippen LogP contribution in [0.1, 0.15) is 63.7 Å². The molecule has 38 heavy (non-hydrogen) atoms. The highest BCUT2D eigenvalue weighted by Crippen LogP contribution is 2.36. The van der Waals surface area contributed by atoms with Gasteiger partial charge in [0.1, 0.15) is 5.54 Å². The van der Waals surface area contributed by atoms with Crippen LogP contribution in [0, 0.1) is 17.2 Å². The molecule has 1 aromatic heterocycles. The van der Waals surface area contributed by atoms with Crippen LogP contribution in [0.25, 0.3) is 10.4 Å². The molecule has 8 nitrogen and oxygen atoms in total. The Balaban J connectivity index is 0.000000202. The van der Waals surface area contributed by atoms with E-state index in [1.807, 2.05) is 6.20 Å². The second-order valence-corrected chi connectivity index (χ2v) is 14.2. The molecule has 0 unspecified atom stereocenters. The molecule has 4 fully saturated rings. The van der Waals surface area contributed by atoms with E-state index >= 15 is 0 Å². The summed E-state index contributed by atoms with van der Waals surface area (Å²) in [6, 6.07) is 10.5. The van der Waals surface area contributed by atoms with Crippen molar-refractivity contribution in [2.75, 3.05) is 42.7 Å². The molecule has 2 aliphatic carbocycles. The Morgan fingerprint density at radius 3 is 2.45 bits per heavy atom. The first-order valence-corrected chi connectivity index (χ1v) is 16.3. The summed E-state index contributed by atoms with van der Waals surface area (Å²) in [5.41, 5.74) is 1.77. The third-order valence-electron chi connectivity index (χ3n) is 7.97. The molecule has 1 atom stereocenters. The molecule has 1 aromatic carbocycles. The Hall–Kier alpha value is -2.48. The van der Waals surface area contributed by atoms with Crippen molar-refractivity contribution in [1.29, 1.82) is 5.26 Å². The predicted octanol–water partition coefficient (Wildman–Crippen LogP) is 4.53. The average molecular weight is 559 g/mol. The van der Waals surface area contributed by atoms with Crippen molar-refractivity contribution >= 4 is 32.8 Å². The number of thiazole rings is 1. The van der Waals surface area contributed by atoms with Crippen LogP contribution in [0.4, 0.5) is 5.69 Å². The lowest BCUT2D eigenvalue weighted by atomic mass is 9.88. The van der Waals surface area contributed by atoms with Crippen LogP contribution < -0.4 is 10.2 Å². The van der Waals surface area contributed by atoms with Crippen molar-refractivity contribution < 1.29 is 19.4 Å². The number of carbonyl (C=O) groups excluding carboxylic acids is 1. The summed E-state index contributed by atoms with van der Waals surface area (Å²) >= 11 is 1.74. The van der Waals surface area contributed by atoms with Crippen molar-refractivity contribution in [1.82, 2.24) is 10.3 Å². The minimum atomic E-state index is -2.84. The summed E-state index contributed by atoms with van der Waals surface area (Å²) in [5, 5.41) is 12.9. The molecular weight excluding hydrogens is 520 g/mol. The second kappa shape index (κ2) is 11.7. The molecule has 0 radical (unpaired) electrons. The molecule has 2 saturated heterocycles. The van der Waals surface area contributed by atoms with Gasteiger partial charge < -0.3 is 15.0 Å². The predicted molar refractivity (Wildman–Crippen MR) is 151 cm³/mol. The number of rotatable bonds is 5. The number of hydrogen-bond donors (Lipinski definition) is 1. The minimum Gasteiger partial charge on any atom is -0.381 e. The zero-order chi connectivity index (χ0) is 26.6. The van der Waals surface area contributed by atoms with Gasteiger partial charge in [0.05, 0.1) is 34.1 Å². The minimum absolute atomic E-state index is 0. The van der Waals surface area contributed by atoms with Crippen LogP contribution in [0.15, 0.2) is 30.5 Å². The number of amides is 1. The number of hydrogen-bond acceptors (Lipinski definition) is 8. The third kappa shape index (κ3) is 6.74. The van der Waals surface area contributed by atoms with E-state index in [0.717, 1.165) is 74.4 Å². The number of ether oxygens (including phenoxy) is 1. The lowest BCUT2D eigenvalue weighted by Gasteiger charge is -2.28. The number of aromatic nitrogens is 1. The number of nitriles is 1. The van der Waals surface area contributed by atoms with Crippen LogP contribution in [0.5, 0.6) is 0 Å². The molecule has 3 heterocycles. The largest absolute Gasteiger partial charge is 0.381 e. The molecule has 0 bridgehead atoms. The molecule has 2 aliphatic heterocycles. The Morgan fingerprint density at radius 2 is 1.84 bits per heavy atom. The van der Waals surface area contributed by atoms with Gasteiger partial charge in [-0.1, -0.05) is 31.4 Å². The Morgan fingerprint density at radius 1 is 1.13 bits per heavy atom. The summed E-state index contributed by atoms with van der Waals surface area (Å²) in [6.45, 7) is 2.77. The third-order valence-corrected chi connectivity index (χ3v) is 10.8. The first kappa shape index (κ1) is 27.1. The van der Waals surface area contributed by atoms with Gasteiger partial charge in [0.25, 0.3) is 0 Å². The molecule has 10 heteroatoms. The first-order valence-electron chi connectivity index (χ1n) is 13.7. The quantitative estimate of drug-likeness (QED) is 0.574. The van der Waals surface area contributed by atoms with Gasteiger partial charge in [-0.3, -0.25) is 4.79 Å². The fourth-order valence-corrected chi connectivity index (χ4v) is 7.48. The second-order valence-electron chi connectivity index (χ2n) is 10.8. The topological polar surface area (TPSA) is 112 Å². The van der Waals surface area contributed by atoms with E-state index in [0.29, 0.717) is 19.0 Å². The molecule has 4 aliphatic rings. The lowest BCUT2D eigenvalue weighted by Crippen LogP contribution is -2.40. The number of carbonyl (C=O) groups is 1. The number of anilines is 1. The smallest absolute Gasteiger partial charge is 0.224 e. The molecule has 2 aromatic rings. The van der Waals surface area contributed by atoms with Crippen molar-refractivity contribution in [2.45, 2.75) is 62.8 Å². The van der Waals surface area contributed by atoms with Gasteiger partial charge in [0.2, 0.25) is 5.91 Å². The van der Waals surface area contributed by atoms with Crippen LogP contribution in [-0.2, 0) is 19.4 Å². The molecule has 206 valence electrons. The van der Waals surface area contributed by atoms with Gasteiger partial charge in [0, 0.05) is 44.8 Å². The highest BCUT2D eigenvalue weighted by molar-refractivity contribution is 7.91. The molecule has 1 N–H and O–H groups in total. The highest BCUT2D eigenvalue weighted by Gasteiger charge is 2.45. The van der Waals surface area contributed by atoms with Gasteiger partial charge in [-0.2, -0.15) is 5.26 Å². The molecule has 0 spiro atoms. The molecule has 6 rings (SSSR count). The molecule has 2 saturated carbocycles. The maximum Gasteiger partial charge on any atom is 0.224 e. The van der Waals surface area contributed by atoms with Gasteiger partial charge in [0.15, 0.2) is 9.84 Å². The Kier molecular flexibility index (Phi) is 8.36. The van der Waals surface area contributed by atoms with E-state index < -0.39 is 15.4 Å². The van der Waals surface area contributed by atoms with Crippen LogP contribution in [0.3, 0.4) is 0 Å². The number of benzene rings is 1. The van der Waals surface area contributed by atoms with Gasteiger partial charge >= 0.3 is 0 Å². The standard InChI is InChI=1S/C17H20N2O3S2.C11H16N2O.H2/c20-24(21)9-6-19(7-10-24)15-3-1-13(2-4-15)16-11-18-17(23-16)14-5-8-22-12-14;12-8-11(6-7-11)13-10(14)9-4-2-1-3-5-9;/h1-4,11,14H,5-10,12H2;9H,1-7H2,(H,13,14);1H/t14-;;/m1../s1. The summed E-state index contributed by atoms with van der Waals surface area (Å²) < 4.78 is 28.5. The van der Waals surface area contributed by atoms with E-state index in [1.165, 1.54) is 11.3 Å². The van der Waals surface area contributed by atoms with E-state index in [9.17, 15) is 13.2 Å². The normalized spacial score (nSPS) is 24.1. The van der Waals surface area contributed by atoms with Gasteiger partial charge in [-0.05, 0) is 49.8 Å². The van der Waals surface area contributed by atoms with Gasteiger partial charge in [-0.25, -0.2) is 13.4 Å². The number of nitrogens with one attached hydrogen (secondary N) is 1. The fourth-order valence-electron chi connectivity index (χ4n) is 5.24. The maximum atomic E-state index is 11.8. The van der Waals surface area contributed by atoms with E-state index in [4.69, 9.17) is 10.00 Å². The summed E-state index contributed by atoms with van der Waals surface area (Å²) in [6.07, 6.45) is 10.3. The van der Waals surface area contributed by atoms with Crippen molar-refractivity contribution in [3.63, 3.8) is 0 Å². The fraction of sp³-hybridized carbons (Fsp3) is 0.607. The zero-order valence-electron chi connectivity index (χ0n) is 21.7. The zero-order valence-corrected chi connectivity index (χ0v) is 23.4. The molecular formula is C28H38N4O4S2. The Labute approximate surface area is 230 Å². The maximum absolute atomic E-state index is 11.8. The van der Waals surface area contributed by atoms with Gasteiger partial charge in [-0.15, -0.1) is 11.3 Å². The van der Waals surface area contributed by atoms with Crippen LogP contribution >= 0.6 is 11.3 Å². The Bertz CT molecular complexity index is 1250. The average Bonchev–Trinajstić information content (AvgIpc) is 3.30. The first-order chi connectivity index (χ1) is 18.4. The van der Waals surface area contributed by atoms with E-state index in [2.05, 4.69) is 45.5 Å². The number of sulfone groups is 1. The number of nitrogens with zero attached hydrogens (tertiary/aromatic N) is 3. The van der Waals surface area contributed by atoms with Crippen molar-refractivity contribution in [3.8, 4) is 16.5 Å². The summed E-state index contributed by atoms with van der Waals surface area (Å²) in [7, 11) is -2.84. The molecule has 1 amide bonds. The van der Waals surface area contributed by atoms with Crippen LogP contribution in [-0.4, -0.2) is 62.7 Å². The van der Waals surface area contributed by atoms with Crippen molar-refractivity contribution in [2.24, 2.45) is 5.92 Å². The van der Waals surface area contributed by atoms with E-state index in [1.54, 1.807) is 11.3 Å². The summed E-state index contributed by atoms with van der Waals surface area (Å²) in [4.78, 5) is 19.6. The highest BCUT2D eigenvalue weighted by atomic mass is 32.2. The van der Waals surface area contributed by atoms with E-state index in [-0.39, 0.29) is 24.8 Å². The summed E-state index contributed by atoms with van der Waals surface area (Å²) in [5.74, 6) is 1.23. The van der Waals surface area contributed by atoms with Crippen LogP contribution in [0.2, 0.25) is 0 Å². The monoisotopic (exact) mass is 558 g/mol. The van der Waals surface area contributed by atoms with Crippen molar-refractivity contribution in [3.05, 3.63) is 35.5 Å². The SMILES string of the molecule is N#CC1(NC(=O)C2CCCCC2)CC1.O=S1(=O)CCN(c2ccc(-c3cnc([C@@H]4CCOC4)s3)cc2)CC1.[HH]. The lowest BCUT2D eigenvalue weighted by molar-refractivity contribution is -0.126.